The van der Waals surface area contributed by atoms with Gasteiger partial charge in [0.1, 0.15) is 11.8 Å². The van der Waals surface area contributed by atoms with Crippen LogP contribution in [0.4, 0.5) is 0 Å². The van der Waals surface area contributed by atoms with Crippen molar-refractivity contribution in [1.29, 1.82) is 0 Å². The fourth-order valence-electron chi connectivity index (χ4n) is 2.06. The lowest BCUT2D eigenvalue weighted by Gasteiger charge is -2.08. The van der Waals surface area contributed by atoms with Gasteiger partial charge in [0.2, 0.25) is 0 Å². The summed E-state index contributed by atoms with van der Waals surface area (Å²) in [6.07, 6.45) is 1.75. The molecule has 4 nitrogen and oxygen atoms in total. The van der Waals surface area contributed by atoms with Gasteiger partial charge in [-0.3, -0.25) is 4.79 Å². The lowest BCUT2D eigenvalue weighted by molar-refractivity contribution is 0.108. The van der Waals surface area contributed by atoms with Crippen molar-refractivity contribution in [2.75, 3.05) is 6.61 Å². The average Bonchev–Trinajstić information content (AvgIpc) is 2.81. The van der Waals surface area contributed by atoms with Gasteiger partial charge in [-0.05, 0) is 25.0 Å². The number of hydrogen-bond donors (Lipinski definition) is 1. The molecule has 1 N–H and O–H groups in total. The van der Waals surface area contributed by atoms with Gasteiger partial charge >= 0.3 is 0 Å². The summed E-state index contributed by atoms with van der Waals surface area (Å²) in [6, 6.07) is 7.53. The van der Waals surface area contributed by atoms with Gasteiger partial charge in [0.15, 0.2) is 0 Å². The van der Waals surface area contributed by atoms with Crippen LogP contribution in [0.3, 0.4) is 0 Å². The van der Waals surface area contributed by atoms with Gasteiger partial charge in [0.05, 0.1) is 11.0 Å². The minimum Gasteiger partial charge on any atom is -0.372 e. The Labute approximate surface area is 92.3 Å². The number of hydrogen-bond acceptors (Lipinski definition) is 3. The summed E-state index contributed by atoms with van der Waals surface area (Å²) in [6.45, 7) is 0.721. The van der Waals surface area contributed by atoms with Crippen molar-refractivity contribution in [3.05, 3.63) is 40.3 Å². The molecule has 0 amide bonds. The highest BCUT2D eigenvalue weighted by Crippen LogP contribution is 2.25. The zero-order chi connectivity index (χ0) is 11.0. The van der Waals surface area contributed by atoms with Gasteiger partial charge in [0.25, 0.3) is 5.56 Å². The summed E-state index contributed by atoms with van der Waals surface area (Å²) in [5.41, 5.74) is 1.96. The second-order valence-corrected chi connectivity index (χ2v) is 3.97. The largest absolute Gasteiger partial charge is 0.372 e. The third kappa shape index (κ3) is 1.51. The maximum atomic E-state index is 11.8. The van der Waals surface area contributed by atoms with E-state index in [1.165, 1.54) is 0 Å². The summed E-state index contributed by atoms with van der Waals surface area (Å²) in [5, 5.41) is 0. The van der Waals surface area contributed by atoms with Crippen LogP contribution >= 0.6 is 0 Å². The van der Waals surface area contributed by atoms with Crippen LogP contribution in [0.2, 0.25) is 0 Å². The van der Waals surface area contributed by atoms with Crippen LogP contribution in [0.5, 0.6) is 0 Å². The van der Waals surface area contributed by atoms with E-state index < -0.39 is 0 Å². The first-order valence-corrected chi connectivity index (χ1v) is 5.45. The second kappa shape index (κ2) is 3.72. The maximum Gasteiger partial charge on any atom is 0.272 e. The molecule has 1 saturated heterocycles. The van der Waals surface area contributed by atoms with E-state index in [-0.39, 0.29) is 11.7 Å². The Morgan fingerprint density at radius 1 is 1.38 bits per heavy atom. The molecule has 82 valence electrons. The van der Waals surface area contributed by atoms with Gasteiger partial charge < -0.3 is 9.72 Å². The lowest BCUT2D eigenvalue weighted by Crippen LogP contribution is -2.18. The Hall–Kier alpha value is -1.68. The Morgan fingerprint density at radius 2 is 2.25 bits per heavy atom. The molecule has 2 heterocycles. The first kappa shape index (κ1) is 9.54. The number of rotatable bonds is 1. The van der Waals surface area contributed by atoms with E-state index in [0.29, 0.717) is 5.69 Å². The molecule has 1 aromatic heterocycles. The molecule has 0 radical (unpaired) electrons. The molecule has 1 atom stereocenters. The van der Waals surface area contributed by atoms with E-state index in [1.807, 2.05) is 24.3 Å². The maximum absolute atomic E-state index is 11.8. The van der Waals surface area contributed by atoms with Gasteiger partial charge in [-0.25, -0.2) is 4.98 Å². The molecule has 1 aliphatic rings. The molecule has 0 aliphatic carbocycles. The minimum absolute atomic E-state index is 0.131. The Balaban J connectivity index is 2.17. The van der Waals surface area contributed by atoms with E-state index in [1.54, 1.807) is 0 Å². The molecule has 1 fully saturated rings. The number of para-hydroxylation sites is 2. The van der Waals surface area contributed by atoms with Crippen LogP contribution in [0, 0.1) is 0 Å². The molecule has 16 heavy (non-hydrogen) atoms. The summed E-state index contributed by atoms with van der Waals surface area (Å²) in [4.78, 5) is 19.0. The molecule has 1 aliphatic heterocycles. The van der Waals surface area contributed by atoms with Gasteiger partial charge in [-0.1, -0.05) is 12.1 Å². The summed E-state index contributed by atoms with van der Waals surface area (Å²) >= 11 is 0. The minimum atomic E-state index is -0.134. The molecule has 0 bridgehead atoms. The average molecular weight is 216 g/mol. The third-order valence-corrected chi connectivity index (χ3v) is 2.86. The first-order chi connectivity index (χ1) is 7.84. The number of aromatic nitrogens is 2. The van der Waals surface area contributed by atoms with Crippen molar-refractivity contribution in [3.63, 3.8) is 0 Å². The van der Waals surface area contributed by atoms with Crippen molar-refractivity contribution in [2.24, 2.45) is 0 Å². The molecule has 3 rings (SSSR count). The third-order valence-electron chi connectivity index (χ3n) is 2.86. The van der Waals surface area contributed by atoms with Crippen LogP contribution in [0.15, 0.2) is 29.1 Å². The van der Waals surface area contributed by atoms with Crippen LogP contribution in [-0.2, 0) is 4.74 Å². The van der Waals surface area contributed by atoms with Crippen molar-refractivity contribution >= 4 is 11.0 Å². The first-order valence-electron chi connectivity index (χ1n) is 5.45. The SMILES string of the molecule is O=c1[nH]c2ccccc2nc1C1CCCO1. The number of fused-ring (bicyclic) bond motifs is 1. The van der Waals surface area contributed by atoms with Gasteiger partial charge in [-0.2, -0.15) is 0 Å². The van der Waals surface area contributed by atoms with Crippen molar-refractivity contribution in [2.45, 2.75) is 18.9 Å². The van der Waals surface area contributed by atoms with Crippen LogP contribution in [-0.4, -0.2) is 16.6 Å². The van der Waals surface area contributed by atoms with Crippen LogP contribution in [0.25, 0.3) is 11.0 Å². The molecule has 0 saturated carbocycles. The highest BCUT2D eigenvalue weighted by Gasteiger charge is 2.22. The van der Waals surface area contributed by atoms with Gasteiger partial charge in [-0.15, -0.1) is 0 Å². The Morgan fingerprint density at radius 3 is 3.06 bits per heavy atom. The molecule has 2 aromatic rings. The predicted molar refractivity (Wildman–Crippen MR) is 60.3 cm³/mol. The number of benzene rings is 1. The zero-order valence-corrected chi connectivity index (χ0v) is 8.77. The van der Waals surface area contributed by atoms with Crippen molar-refractivity contribution in [1.82, 2.24) is 9.97 Å². The standard InChI is InChI=1S/C12H12N2O2/c15-12-11(10-6-3-7-16-10)13-8-4-1-2-5-9(8)14-12/h1-2,4-5,10H,3,6-7H2,(H,14,15). The lowest BCUT2D eigenvalue weighted by atomic mass is 10.2. The summed E-state index contributed by atoms with van der Waals surface area (Å²) in [5.74, 6) is 0. The van der Waals surface area contributed by atoms with E-state index >= 15 is 0 Å². The number of ether oxygens (including phenoxy) is 1. The fraction of sp³-hybridized carbons (Fsp3) is 0.333. The number of nitrogens with one attached hydrogen (secondary N) is 1. The molecular formula is C12H12N2O2. The quantitative estimate of drug-likeness (QED) is 0.790. The highest BCUT2D eigenvalue weighted by atomic mass is 16.5. The molecular weight excluding hydrogens is 204 g/mol. The summed E-state index contributed by atoms with van der Waals surface area (Å²) < 4.78 is 5.49. The predicted octanol–water partition coefficient (Wildman–Crippen LogP) is 1.77. The van der Waals surface area contributed by atoms with E-state index in [4.69, 9.17) is 4.74 Å². The molecule has 1 unspecified atom stereocenters. The molecule has 1 aromatic carbocycles. The molecule has 0 spiro atoms. The zero-order valence-electron chi connectivity index (χ0n) is 8.77. The number of aromatic amines is 1. The van der Waals surface area contributed by atoms with Gasteiger partial charge in [0, 0.05) is 6.61 Å². The number of nitrogens with zero attached hydrogens (tertiary/aromatic N) is 1. The Bertz CT molecular complexity index is 570. The van der Waals surface area contributed by atoms with Crippen LogP contribution in [0.1, 0.15) is 24.6 Å². The second-order valence-electron chi connectivity index (χ2n) is 3.97. The summed E-state index contributed by atoms with van der Waals surface area (Å²) in [7, 11) is 0. The highest BCUT2D eigenvalue weighted by molar-refractivity contribution is 5.73. The monoisotopic (exact) mass is 216 g/mol. The molecule has 4 heteroatoms. The normalized spacial score (nSPS) is 20.4. The van der Waals surface area contributed by atoms with E-state index in [9.17, 15) is 4.79 Å². The van der Waals surface area contributed by atoms with E-state index in [2.05, 4.69) is 9.97 Å². The smallest absolute Gasteiger partial charge is 0.272 e. The number of H-pyrrole nitrogens is 1. The van der Waals surface area contributed by atoms with Crippen molar-refractivity contribution < 1.29 is 4.74 Å². The van der Waals surface area contributed by atoms with E-state index in [0.717, 1.165) is 30.5 Å². The Kier molecular flexibility index (Phi) is 2.22. The van der Waals surface area contributed by atoms with Crippen molar-refractivity contribution in [3.8, 4) is 0 Å². The fourth-order valence-corrected chi connectivity index (χ4v) is 2.06. The van der Waals surface area contributed by atoms with Crippen LogP contribution < -0.4 is 5.56 Å². The topological polar surface area (TPSA) is 55.0 Å².